The van der Waals surface area contributed by atoms with Crippen LogP contribution in [0.1, 0.15) is 17.7 Å². The third kappa shape index (κ3) is 5.50. The molecule has 0 spiro atoms. The zero-order valence-electron chi connectivity index (χ0n) is 9.86. The van der Waals surface area contributed by atoms with E-state index in [9.17, 15) is 21.6 Å². The number of alkyl halides is 3. The van der Waals surface area contributed by atoms with Crippen LogP contribution < -0.4 is 0 Å². The molecule has 1 aromatic rings. The van der Waals surface area contributed by atoms with Gasteiger partial charge in [0.05, 0.1) is 25.0 Å². The number of rotatable bonds is 5. The van der Waals surface area contributed by atoms with E-state index < -0.39 is 22.7 Å². The Bertz CT molecular complexity index is 508. The van der Waals surface area contributed by atoms with Crippen molar-refractivity contribution in [3.63, 3.8) is 0 Å². The summed E-state index contributed by atoms with van der Waals surface area (Å²) in [6, 6.07) is 0. The fourth-order valence-electron chi connectivity index (χ4n) is 1.23. The monoisotopic (exact) mass is 286 g/mol. The lowest BCUT2D eigenvalue weighted by Crippen LogP contribution is -2.12. The highest BCUT2D eigenvalue weighted by Gasteiger charge is 2.26. The van der Waals surface area contributed by atoms with Crippen molar-refractivity contribution in [1.82, 2.24) is 9.78 Å². The van der Waals surface area contributed by atoms with E-state index in [1.54, 1.807) is 6.92 Å². The summed E-state index contributed by atoms with van der Waals surface area (Å²) in [6.45, 7) is 1.05. The van der Waals surface area contributed by atoms with Crippen LogP contribution in [0.15, 0.2) is 6.20 Å². The van der Waals surface area contributed by atoms with Crippen molar-refractivity contribution in [1.29, 1.82) is 0 Å². The summed E-state index contributed by atoms with van der Waals surface area (Å²) < 4.78 is 63.3. The molecule has 0 saturated heterocycles. The van der Waals surface area contributed by atoms with Gasteiger partial charge in [0, 0.05) is 18.3 Å². The molecule has 0 amide bonds. The van der Waals surface area contributed by atoms with E-state index in [2.05, 4.69) is 9.28 Å². The second-order valence-corrected chi connectivity index (χ2v) is 5.48. The van der Waals surface area contributed by atoms with Crippen molar-refractivity contribution < 1.29 is 25.8 Å². The lowest BCUT2D eigenvalue weighted by molar-refractivity contribution is -0.137. The molecule has 18 heavy (non-hydrogen) atoms. The minimum atomic E-state index is -4.25. The maximum Gasteiger partial charge on any atom is 0.390 e. The van der Waals surface area contributed by atoms with E-state index in [-0.39, 0.29) is 13.2 Å². The highest BCUT2D eigenvalue weighted by molar-refractivity contribution is 7.85. The standard InChI is InChI=1S/C9H13F3N2O3S/c1-7-8(6-17-18(2,15)16)5-14(13-7)4-3-9(10,11)12/h5H,3-4,6H2,1-2H3. The fraction of sp³-hybridized carbons (Fsp3) is 0.667. The van der Waals surface area contributed by atoms with Crippen LogP contribution >= 0.6 is 0 Å². The molecule has 0 saturated carbocycles. The molecule has 0 radical (unpaired) electrons. The molecule has 9 heteroatoms. The summed E-state index contributed by atoms with van der Waals surface area (Å²) in [4.78, 5) is 0. The first-order chi connectivity index (χ1) is 8.07. The fourth-order valence-corrected chi connectivity index (χ4v) is 1.57. The first-order valence-electron chi connectivity index (χ1n) is 5.01. The molecule has 0 aliphatic heterocycles. The van der Waals surface area contributed by atoms with Crippen LogP contribution in [-0.2, 0) is 27.5 Å². The molecule has 0 aliphatic carbocycles. The average Bonchev–Trinajstić information content (AvgIpc) is 2.51. The summed E-state index contributed by atoms with van der Waals surface area (Å²) in [5.74, 6) is 0. The molecular weight excluding hydrogens is 273 g/mol. The first kappa shape index (κ1) is 15.0. The molecule has 104 valence electrons. The van der Waals surface area contributed by atoms with Crippen LogP contribution in [0.2, 0.25) is 0 Å². The normalized spacial score (nSPS) is 12.9. The molecule has 0 aliphatic rings. The Morgan fingerprint density at radius 1 is 1.44 bits per heavy atom. The van der Waals surface area contributed by atoms with Crippen molar-refractivity contribution in [2.24, 2.45) is 0 Å². The van der Waals surface area contributed by atoms with Crippen molar-refractivity contribution in [2.75, 3.05) is 6.26 Å². The number of hydrogen-bond donors (Lipinski definition) is 0. The van der Waals surface area contributed by atoms with Crippen molar-refractivity contribution >= 4 is 10.1 Å². The van der Waals surface area contributed by atoms with Gasteiger partial charge in [0.25, 0.3) is 10.1 Å². The van der Waals surface area contributed by atoms with E-state index in [0.29, 0.717) is 11.3 Å². The van der Waals surface area contributed by atoms with E-state index in [1.165, 1.54) is 6.20 Å². The van der Waals surface area contributed by atoms with Crippen LogP contribution in [0.5, 0.6) is 0 Å². The van der Waals surface area contributed by atoms with Gasteiger partial charge in [0.15, 0.2) is 0 Å². The predicted molar refractivity (Wildman–Crippen MR) is 57.3 cm³/mol. The van der Waals surface area contributed by atoms with Crippen LogP contribution in [0, 0.1) is 6.92 Å². The van der Waals surface area contributed by atoms with Gasteiger partial charge < -0.3 is 0 Å². The lowest BCUT2D eigenvalue weighted by Gasteiger charge is -2.05. The second-order valence-electron chi connectivity index (χ2n) is 3.83. The van der Waals surface area contributed by atoms with Crippen LogP contribution in [0.25, 0.3) is 0 Å². The Labute approximate surface area is 103 Å². The summed E-state index contributed by atoms with van der Waals surface area (Å²) in [6.07, 6.45) is -2.98. The average molecular weight is 286 g/mol. The summed E-state index contributed by atoms with van der Waals surface area (Å²) in [5, 5.41) is 3.86. The first-order valence-corrected chi connectivity index (χ1v) is 6.82. The molecule has 0 unspecified atom stereocenters. The molecule has 1 rings (SSSR count). The van der Waals surface area contributed by atoms with Crippen molar-refractivity contribution in [2.45, 2.75) is 32.7 Å². The zero-order valence-corrected chi connectivity index (χ0v) is 10.7. The Morgan fingerprint density at radius 2 is 2.06 bits per heavy atom. The third-order valence-electron chi connectivity index (χ3n) is 2.10. The van der Waals surface area contributed by atoms with Crippen LogP contribution in [-0.4, -0.2) is 30.6 Å². The van der Waals surface area contributed by atoms with Crippen LogP contribution in [0.4, 0.5) is 13.2 Å². The van der Waals surface area contributed by atoms with Gasteiger partial charge in [-0.25, -0.2) is 0 Å². The number of halogens is 3. The molecule has 0 bridgehead atoms. The quantitative estimate of drug-likeness (QED) is 0.772. The molecule has 0 N–H and O–H groups in total. The Balaban J connectivity index is 2.64. The van der Waals surface area contributed by atoms with E-state index in [0.717, 1.165) is 10.9 Å². The Kier molecular flexibility index (Phi) is 4.38. The minimum absolute atomic E-state index is 0.226. The second kappa shape index (κ2) is 5.27. The van der Waals surface area contributed by atoms with Gasteiger partial charge in [-0.3, -0.25) is 8.86 Å². The molecule has 1 aromatic heterocycles. The molecule has 0 fully saturated rings. The summed E-state index contributed by atoms with van der Waals surface area (Å²) in [5.41, 5.74) is 0.892. The van der Waals surface area contributed by atoms with E-state index in [4.69, 9.17) is 0 Å². The Morgan fingerprint density at radius 3 is 2.56 bits per heavy atom. The molecular formula is C9H13F3N2O3S. The van der Waals surface area contributed by atoms with Gasteiger partial charge in [0.1, 0.15) is 0 Å². The predicted octanol–water partition coefficient (Wildman–Crippen LogP) is 1.62. The number of aryl methyl sites for hydroxylation is 2. The molecule has 0 aromatic carbocycles. The summed E-state index contributed by atoms with van der Waals surface area (Å²) in [7, 11) is -3.58. The molecule has 5 nitrogen and oxygen atoms in total. The van der Waals surface area contributed by atoms with E-state index in [1.807, 2.05) is 0 Å². The van der Waals surface area contributed by atoms with E-state index >= 15 is 0 Å². The van der Waals surface area contributed by atoms with Gasteiger partial charge in [-0.05, 0) is 6.92 Å². The van der Waals surface area contributed by atoms with Gasteiger partial charge in [-0.2, -0.15) is 26.7 Å². The smallest absolute Gasteiger partial charge is 0.272 e. The van der Waals surface area contributed by atoms with Gasteiger partial charge in [-0.1, -0.05) is 0 Å². The number of nitrogens with zero attached hydrogens (tertiary/aromatic N) is 2. The van der Waals surface area contributed by atoms with Gasteiger partial charge in [0.2, 0.25) is 0 Å². The minimum Gasteiger partial charge on any atom is -0.272 e. The van der Waals surface area contributed by atoms with Gasteiger partial charge in [-0.15, -0.1) is 0 Å². The lowest BCUT2D eigenvalue weighted by atomic mass is 10.3. The maximum atomic E-state index is 12.0. The zero-order chi connectivity index (χ0) is 14.0. The highest BCUT2D eigenvalue weighted by Crippen LogP contribution is 2.20. The summed E-state index contributed by atoms with van der Waals surface area (Å²) >= 11 is 0. The topological polar surface area (TPSA) is 61.2 Å². The van der Waals surface area contributed by atoms with Crippen molar-refractivity contribution in [3.8, 4) is 0 Å². The highest BCUT2D eigenvalue weighted by atomic mass is 32.2. The molecule has 1 heterocycles. The molecule has 0 atom stereocenters. The third-order valence-corrected chi connectivity index (χ3v) is 2.65. The Hall–Kier alpha value is -1.09. The SMILES string of the molecule is Cc1nn(CCC(F)(F)F)cc1COS(C)(=O)=O. The maximum absolute atomic E-state index is 12.0. The van der Waals surface area contributed by atoms with Gasteiger partial charge >= 0.3 is 6.18 Å². The van der Waals surface area contributed by atoms with Crippen LogP contribution in [0.3, 0.4) is 0 Å². The largest absolute Gasteiger partial charge is 0.390 e. The number of hydrogen-bond acceptors (Lipinski definition) is 4. The number of aromatic nitrogens is 2. The van der Waals surface area contributed by atoms with Crippen molar-refractivity contribution in [3.05, 3.63) is 17.5 Å².